The summed E-state index contributed by atoms with van der Waals surface area (Å²) >= 11 is 7.82. The molecule has 0 bridgehead atoms. The summed E-state index contributed by atoms with van der Waals surface area (Å²) in [7, 11) is 0. The first-order chi connectivity index (χ1) is 22.1. The van der Waals surface area contributed by atoms with E-state index in [4.69, 9.17) is 22.3 Å². The molecule has 2 aromatic carbocycles. The number of nitrogens with zero attached hydrogens (tertiary/aromatic N) is 4. The number of amides is 2. The Morgan fingerprint density at radius 2 is 1.76 bits per heavy atom. The summed E-state index contributed by atoms with van der Waals surface area (Å²) in [5.41, 5.74) is 11.0. The lowest BCUT2D eigenvalue weighted by Crippen LogP contribution is -2.29. The number of aromatic nitrogens is 3. The van der Waals surface area contributed by atoms with Gasteiger partial charge in [0.2, 0.25) is 11.8 Å². The van der Waals surface area contributed by atoms with Gasteiger partial charge in [-0.25, -0.2) is 0 Å². The van der Waals surface area contributed by atoms with Crippen molar-refractivity contribution in [3.63, 3.8) is 0 Å². The summed E-state index contributed by atoms with van der Waals surface area (Å²) in [6.07, 6.45) is -0.00672. The minimum absolute atomic E-state index is 0.00159. The van der Waals surface area contributed by atoms with Gasteiger partial charge in [-0.1, -0.05) is 35.6 Å². The molecule has 5 rings (SSSR count). The van der Waals surface area contributed by atoms with Crippen LogP contribution in [0.3, 0.4) is 0 Å². The Hall–Kier alpha value is -4.38. The van der Waals surface area contributed by atoms with Gasteiger partial charge >= 0.3 is 0 Å². The summed E-state index contributed by atoms with van der Waals surface area (Å²) in [4.78, 5) is 32.2. The fourth-order valence-corrected chi connectivity index (χ4v) is 6.65. The largest absolute Gasteiger partial charge is 0.392 e. The number of hydrogen-bond donors (Lipinski definition) is 5. The molecular formula is C33H34ClN7O4S. The topological polar surface area (TPSA) is 168 Å². The van der Waals surface area contributed by atoms with Crippen molar-refractivity contribution in [2.45, 2.75) is 52.9 Å². The Morgan fingerprint density at radius 3 is 2.41 bits per heavy atom. The number of carbonyl (C=O) groups is 2. The number of aliphatic hydroxyl groups excluding tert-OH is 2. The molecule has 0 radical (unpaired) electrons. The number of thiophene rings is 1. The molecule has 0 spiro atoms. The molecule has 0 unspecified atom stereocenters. The second-order valence-electron chi connectivity index (χ2n) is 10.7. The van der Waals surface area contributed by atoms with Crippen LogP contribution >= 0.6 is 22.9 Å². The molecule has 11 nitrogen and oxygen atoms in total. The van der Waals surface area contributed by atoms with Crippen LogP contribution in [0.1, 0.15) is 68.8 Å². The molecule has 1 aliphatic heterocycles. The van der Waals surface area contributed by atoms with Crippen molar-refractivity contribution in [3.8, 4) is 16.8 Å². The molecular weight excluding hydrogens is 626 g/mol. The van der Waals surface area contributed by atoms with E-state index in [1.54, 1.807) is 23.5 Å². The lowest BCUT2D eigenvalue weighted by atomic mass is 9.99. The van der Waals surface area contributed by atoms with Crippen LogP contribution in [0.2, 0.25) is 5.02 Å². The quantitative estimate of drug-likeness (QED) is 0.171. The number of halogens is 1. The van der Waals surface area contributed by atoms with Gasteiger partial charge in [-0.15, -0.1) is 21.5 Å². The molecule has 2 amide bonds. The molecule has 46 heavy (non-hydrogen) atoms. The molecule has 6 N–H and O–H groups in total. The van der Waals surface area contributed by atoms with Crippen LogP contribution in [0.25, 0.3) is 5.00 Å². The second kappa shape index (κ2) is 14.4. The molecule has 2 aromatic heterocycles. The normalized spacial score (nSPS) is 13.5. The maximum atomic E-state index is 13.2. The van der Waals surface area contributed by atoms with Crippen molar-refractivity contribution < 1.29 is 19.8 Å². The van der Waals surface area contributed by atoms with Gasteiger partial charge in [-0.05, 0) is 61.7 Å². The van der Waals surface area contributed by atoms with Crippen molar-refractivity contribution in [1.29, 1.82) is 0 Å². The Balaban J connectivity index is 1.31. The number of fused-ring (bicyclic) bond motifs is 3. The van der Waals surface area contributed by atoms with Gasteiger partial charge < -0.3 is 26.6 Å². The third-order valence-electron chi connectivity index (χ3n) is 7.65. The Labute approximate surface area is 275 Å². The number of nitrogens with two attached hydrogens (primary N) is 1. The highest BCUT2D eigenvalue weighted by Crippen LogP contribution is 2.39. The maximum Gasteiger partial charge on any atom is 0.226 e. The Morgan fingerprint density at radius 1 is 1.07 bits per heavy atom. The summed E-state index contributed by atoms with van der Waals surface area (Å²) in [6.45, 7) is 5.57. The number of carbonyl (C=O) groups excluding carboxylic acids is 2. The number of aliphatic hydroxyl groups is 2. The molecule has 1 atom stereocenters. The smallest absolute Gasteiger partial charge is 0.226 e. The van der Waals surface area contributed by atoms with Crippen LogP contribution in [-0.4, -0.2) is 55.6 Å². The predicted octanol–water partition coefficient (Wildman–Crippen LogP) is 3.63. The van der Waals surface area contributed by atoms with Crippen molar-refractivity contribution in [2.75, 3.05) is 18.4 Å². The Bertz CT molecular complexity index is 1860. The molecule has 0 saturated carbocycles. The van der Waals surface area contributed by atoms with E-state index in [2.05, 4.69) is 46.5 Å². The first kappa shape index (κ1) is 33.0. The fraction of sp³-hybridized carbons (Fsp3) is 0.303. The van der Waals surface area contributed by atoms with Gasteiger partial charge in [0.05, 0.1) is 31.9 Å². The zero-order chi connectivity index (χ0) is 33.0. The highest BCUT2D eigenvalue weighted by Gasteiger charge is 2.32. The van der Waals surface area contributed by atoms with Crippen molar-refractivity contribution in [2.24, 2.45) is 10.7 Å². The third-order valence-corrected chi connectivity index (χ3v) is 9.10. The minimum atomic E-state index is -0.630. The van der Waals surface area contributed by atoms with Gasteiger partial charge in [-0.2, -0.15) is 0 Å². The monoisotopic (exact) mass is 659 g/mol. The van der Waals surface area contributed by atoms with E-state index in [0.717, 1.165) is 32.3 Å². The number of anilines is 1. The number of nitrogens with one attached hydrogen (secondary N) is 2. The van der Waals surface area contributed by atoms with Gasteiger partial charge in [-0.3, -0.25) is 19.1 Å². The maximum absolute atomic E-state index is 13.2. The van der Waals surface area contributed by atoms with E-state index in [-0.39, 0.29) is 51.0 Å². The average Bonchev–Trinajstić information content (AvgIpc) is 3.51. The molecule has 1 aliphatic rings. The van der Waals surface area contributed by atoms with Crippen LogP contribution in [0, 0.1) is 32.6 Å². The van der Waals surface area contributed by atoms with E-state index in [0.29, 0.717) is 39.0 Å². The molecule has 4 aromatic rings. The van der Waals surface area contributed by atoms with E-state index < -0.39 is 6.04 Å². The van der Waals surface area contributed by atoms with Crippen LogP contribution in [0.5, 0.6) is 0 Å². The summed E-state index contributed by atoms with van der Waals surface area (Å²) in [6, 6.07) is 10.0. The van der Waals surface area contributed by atoms with Crippen molar-refractivity contribution in [1.82, 2.24) is 20.1 Å². The van der Waals surface area contributed by atoms with E-state index in [1.165, 1.54) is 0 Å². The zero-order valence-corrected chi connectivity index (χ0v) is 27.2. The SMILES string of the molecule is Cc1sc2c(c1C)C(c1ccc(Cl)cc1)=N[C@@H](CC(=O)NCCC(=O)Nc1cc(CO)c(C#CCN)c(CO)c1)c1nnc(C)n1-2. The number of benzene rings is 2. The number of hydrogen-bond acceptors (Lipinski definition) is 9. The second-order valence-corrected chi connectivity index (χ2v) is 12.4. The van der Waals surface area contributed by atoms with Crippen LogP contribution in [-0.2, 0) is 22.8 Å². The first-order valence-electron chi connectivity index (χ1n) is 14.6. The number of rotatable bonds is 9. The molecule has 0 saturated heterocycles. The standard InChI is InChI=1S/C33H34ClN7O4S/c1-18-19(2)46-33-30(18)31(21-6-8-24(34)9-7-21)38-27(32-40-39-20(3)41(32)33)15-29(45)36-12-10-28(44)37-25-13-22(16-42)26(5-4-11-35)23(14-25)17-43/h6-9,13-14,27,42-43H,10-12,15-17,35H2,1-3H3,(H,36,45)(H,37,44)/t27-/m0/s1. The van der Waals surface area contributed by atoms with Gasteiger partial charge in [0.25, 0.3) is 0 Å². The van der Waals surface area contributed by atoms with Gasteiger partial charge in [0.15, 0.2) is 5.82 Å². The molecule has 238 valence electrons. The van der Waals surface area contributed by atoms with Crippen LogP contribution < -0.4 is 16.4 Å². The predicted molar refractivity (Wildman–Crippen MR) is 178 cm³/mol. The minimum Gasteiger partial charge on any atom is -0.392 e. The molecule has 3 heterocycles. The number of aryl methyl sites for hydroxylation is 2. The van der Waals surface area contributed by atoms with Gasteiger partial charge in [0.1, 0.15) is 16.9 Å². The summed E-state index contributed by atoms with van der Waals surface area (Å²) in [5, 5.41) is 35.5. The number of aliphatic imine (C=N–C) groups is 1. The highest BCUT2D eigenvalue weighted by atomic mass is 35.5. The van der Waals surface area contributed by atoms with E-state index in [9.17, 15) is 19.8 Å². The summed E-state index contributed by atoms with van der Waals surface area (Å²) in [5.74, 6) is 6.19. The first-order valence-corrected chi connectivity index (χ1v) is 15.8. The fourth-order valence-electron chi connectivity index (χ4n) is 5.31. The molecule has 0 aliphatic carbocycles. The highest BCUT2D eigenvalue weighted by molar-refractivity contribution is 7.15. The molecule has 13 heteroatoms. The van der Waals surface area contributed by atoms with Crippen LogP contribution in [0.15, 0.2) is 41.4 Å². The zero-order valence-electron chi connectivity index (χ0n) is 25.6. The van der Waals surface area contributed by atoms with Crippen LogP contribution in [0.4, 0.5) is 5.69 Å². The van der Waals surface area contributed by atoms with E-state index in [1.807, 2.05) is 35.8 Å². The Kier molecular flexibility index (Phi) is 10.3. The summed E-state index contributed by atoms with van der Waals surface area (Å²) < 4.78 is 1.98. The van der Waals surface area contributed by atoms with Gasteiger partial charge in [0, 0.05) is 45.2 Å². The lowest BCUT2D eigenvalue weighted by Gasteiger charge is -2.14. The average molecular weight is 660 g/mol. The molecule has 0 fully saturated rings. The van der Waals surface area contributed by atoms with E-state index >= 15 is 0 Å². The van der Waals surface area contributed by atoms with Crippen molar-refractivity contribution >= 4 is 46.2 Å². The lowest BCUT2D eigenvalue weighted by molar-refractivity contribution is -0.121. The third kappa shape index (κ3) is 6.89. The van der Waals surface area contributed by atoms with Crippen molar-refractivity contribution in [3.05, 3.63) is 91.3 Å².